The van der Waals surface area contributed by atoms with E-state index in [1.165, 1.54) is 6.07 Å². The van der Waals surface area contributed by atoms with Gasteiger partial charge >= 0.3 is 0 Å². The first-order valence-electron chi connectivity index (χ1n) is 8.92. The number of rotatable bonds is 4. The van der Waals surface area contributed by atoms with Crippen LogP contribution >= 0.6 is 0 Å². The topological polar surface area (TPSA) is 49.9 Å². The zero-order chi connectivity index (χ0) is 17.8. The third kappa shape index (κ3) is 4.18. The number of piperidine rings is 1. The Morgan fingerprint density at radius 3 is 2.72 bits per heavy atom. The number of hydrogen-bond acceptors (Lipinski definition) is 3. The van der Waals surface area contributed by atoms with Crippen molar-refractivity contribution >= 4 is 11.8 Å². The first kappa shape index (κ1) is 17.9. The molecule has 3 rings (SSSR count). The van der Waals surface area contributed by atoms with E-state index in [9.17, 15) is 14.0 Å². The molecular weight excluding hydrogens is 323 g/mol. The molecule has 1 aromatic rings. The van der Waals surface area contributed by atoms with E-state index in [0.717, 1.165) is 12.8 Å². The third-order valence-corrected chi connectivity index (χ3v) is 5.25. The average molecular weight is 348 g/mol. The first-order valence-corrected chi connectivity index (χ1v) is 8.92. The van der Waals surface area contributed by atoms with E-state index < -0.39 is 0 Å². The van der Waals surface area contributed by atoms with Gasteiger partial charge in [0.2, 0.25) is 11.8 Å². The number of carbonyl (C=O) groups excluding carboxylic acids is 2. The molecule has 25 heavy (non-hydrogen) atoms. The van der Waals surface area contributed by atoms with Crippen LogP contribution in [-0.4, -0.2) is 54.5 Å². The molecular formula is C19H25FN2O3. The molecule has 6 heteroatoms. The molecule has 2 heterocycles. The molecule has 0 aliphatic carbocycles. The van der Waals surface area contributed by atoms with Crippen molar-refractivity contribution in [3.05, 3.63) is 35.6 Å². The molecule has 1 unspecified atom stereocenters. The molecule has 0 spiro atoms. The Hall–Kier alpha value is -1.95. The lowest BCUT2D eigenvalue weighted by Crippen LogP contribution is -2.49. The van der Waals surface area contributed by atoms with Gasteiger partial charge in [0.05, 0.1) is 5.92 Å². The SMILES string of the molecule is CN(C(=O)C1CCC(=O)N(Cc2ccccc2F)C1)C1CCOCC1. The van der Waals surface area contributed by atoms with Gasteiger partial charge in [0.15, 0.2) is 0 Å². The summed E-state index contributed by atoms with van der Waals surface area (Å²) in [5, 5.41) is 0. The van der Waals surface area contributed by atoms with Crippen LogP contribution in [0.5, 0.6) is 0 Å². The molecule has 2 aliphatic rings. The molecule has 2 amide bonds. The second kappa shape index (κ2) is 7.95. The largest absolute Gasteiger partial charge is 0.381 e. The summed E-state index contributed by atoms with van der Waals surface area (Å²) in [6.45, 7) is 1.95. The molecule has 2 aliphatic heterocycles. The quantitative estimate of drug-likeness (QED) is 0.838. The number of likely N-dealkylation sites (tertiary alicyclic amines) is 1. The predicted octanol–water partition coefficient (Wildman–Crippen LogP) is 2.20. The van der Waals surface area contributed by atoms with Crippen LogP contribution in [-0.2, 0) is 20.9 Å². The molecule has 0 aromatic heterocycles. The van der Waals surface area contributed by atoms with Crippen LogP contribution in [0.15, 0.2) is 24.3 Å². The van der Waals surface area contributed by atoms with Crippen LogP contribution in [0.1, 0.15) is 31.2 Å². The minimum atomic E-state index is -0.317. The zero-order valence-corrected chi connectivity index (χ0v) is 14.6. The Morgan fingerprint density at radius 1 is 1.28 bits per heavy atom. The molecule has 0 saturated carbocycles. The van der Waals surface area contributed by atoms with E-state index in [0.29, 0.717) is 38.2 Å². The van der Waals surface area contributed by atoms with Gasteiger partial charge in [-0.2, -0.15) is 0 Å². The maximum Gasteiger partial charge on any atom is 0.227 e. The second-order valence-electron chi connectivity index (χ2n) is 6.89. The molecule has 0 radical (unpaired) electrons. The highest BCUT2D eigenvalue weighted by Gasteiger charge is 2.34. The van der Waals surface area contributed by atoms with Gasteiger partial charge in [-0.1, -0.05) is 18.2 Å². The van der Waals surface area contributed by atoms with Gasteiger partial charge in [-0.3, -0.25) is 9.59 Å². The van der Waals surface area contributed by atoms with E-state index >= 15 is 0 Å². The fourth-order valence-electron chi connectivity index (χ4n) is 3.64. The van der Waals surface area contributed by atoms with Crippen LogP contribution in [0.4, 0.5) is 4.39 Å². The van der Waals surface area contributed by atoms with Crippen molar-refractivity contribution in [3.63, 3.8) is 0 Å². The van der Waals surface area contributed by atoms with E-state index in [1.807, 2.05) is 11.9 Å². The van der Waals surface area contributed by atoms with Crippen molar-refractivity contribution in [1.29, 1.82) is 0 Å². The molecule has 5 nitrogen and oxygen atoms in total. The molecule has 1 atom stereocenters. The van der Waals surface area contributed by atoms with Crippen LogP contribution in [0, 0.1) is 11.7 Å². The highest BCUT2D eigenvalue weighted by molar-refractivity contribution is 5.84. The number of nitrogens with zero attached hydrogens (tertiary/aromatic N) is 2. The number of ether oxygens (including phenoxy) is 1. The number of amides is 2. The summed E-state index contributed by atoms with van der Waals surface area (Å²) in [5.41, 5.74) is 0.488. The normalized spacial score (nSPS) is 22.1. The van der Waals surface area contributed by atoms with E-state index in [4.69, 9.17) is 4.74 Å². The van der Waals surface area contributed by atoms with Crippen molar-refractivity contribution in [2.45, 2.75) is 38.3 Å². The minimum absolute atomic E-state index is 0.0129. The molecule has 0 bridgehead atoms. The first-order chi connectivity index (χ1) is 12.1. The van der Waals surface area contributed by atoms with Crippen LogP contribution in [0.2, 0.25) is 0 Å². The van der Waals surface area contributed by atoms with Gasteiger partial charge in [0, 0.05) is 51.4 Å². The lowest BCUT2D eigenvalue weighted by atomic mass is 9.94. The monoisotopic (exact) mass is 348 g/mol. The smallest absolute Gasteiger partial charge is 0.227 e. The van der Waals surface area contributed by atoms with E-state index in [2.05, 4.69) is 0 Å². The van der Waals surface area contributed by atoms with Crippen molar-refractivity contribution in [3.8, 4) is 0 Å². The maximum absolute atomic E-state index is 13.9. The Balaban J connectivity index is 1.64. The number of hydrogen-bond donors (Lipinski definition) is 0. The van der Waals surface area contributed by atoms with Crippen LogP contribution < -0.4 is 0 Å². The second-order valence-corrected chi connectivity index (χ2v) is 6.89. The summed E-state index contributed by atoms with van der Waals surface area (Å²) < 4.78 is 19.2. The Bertz CT molecular complexity index is 631. The lowest BCUT2D eigenvalue weighted by molar-refractivity contribution is -0.145. The zero-order valence-electron chi connectivity index (χ0n) is 14.6. The molecule has 2 saturated heterocycles. The van der Waals surface area contributed by atoms with E-state index in [-0.39, 0.29) is 36.1 Å². The summed E-state index contributed by atoms with van der Waals surface area (Å²) >= 11 is 0. The standard InChI is InChI=1S/C19H25FN2O3/c1-21(16-8-10-25-11-9-16)19(24)15-6-7-18(23)22(13-15)12-14-4-2-3-5-17(14)20/h2-5,15-16H,6-13H2,1H3. The van der Waals surface area contributed by atoms with Gasteiger partial charge in [0.25, 0.3) is 0 Å². The Morgan fingerprint density at radius 2 is 2.00 bits per heavy atom. The highest BCUT2D eigenvalue weighted by Crippen LogP contribution is 2.24. The summed E-state index contributed by atoms with van der Waals surface area (Å²) in [6.07, 6.45) is 2.62. The fraction of sp³-hybridized carbons (Fsp3) is 0.579. The fourth-order valence-corrected chi connectivity index (χ4v) is 3.64. The summed E-state index contributed by atoms with van der Waals surface area (Å²) in [7, 11) is 1.84. The molecule has 136 valence electrons. The van der Waals surface area contributed by atoms with E-state index in [1.54, 1.807) is 23.1 Å². The number of halogens is 1. The third-order valence-electron chi connectivity index (χ3n) is 5.25. The van der Waals surface area contributed by atoms with Crippen molar-refractivity contribution in [2.24, 2.45) is 5.92 Å². The van der Waals surface area contributed by atoms with Crippen molar-refractivity contribution in [2.75, 3.05) is 26.8 Å². The highest BCUT2D eigenvalue weighted by atomic mass is 19.1. The van der Waals surface area contributed by atoms with Gasteiger partial charge in [0.1, 0.15) is 5.82 Å². The molecule has 1 aromatic carbocycles. The Kier molecular flexibility index (Phi) is 5.68. The van der Waals surface area contributed by atoms with Crippen molar-refractivity contribution < 1.29 is 18.7 Å². The summed E-state index contributed by atoms with van der Waals surface area (Å²) in [6, 6.07) is 6.67. The van der Waals surface area contributed by atoms with Gasteiger partial charge in [-0.25, -0.2) is 4.39 Å². The maximum atomic E-state index is 13.9. The number of carbonyl (C=O) groups is 2. The van der Waals surface area contributed by atoms with Gasteiger partial charge < -0.3 is 14.5 Å². The molecule has 0 N–H and O–H groups in total. The van der Waals surface area contributed by atoms with Crippen LogP contribution in [0.25, 0.3) is 0 Å². The summed E-state index contributed by atoms with van der Waals surface area (Å²) in [4.78, 5) is 28.5. The minimum Gasteiger partial charge on any atom is -0.381 e. The predicted molar refractivity (Wildman–Crippen MR) is 91.2 cm³/mol. The number of benzene rings is 1. The lowest BCUT2D eigenvalue weighted by Gasteiger charge is -2.37. The Labute approximate surface area is 147 Å². The van der Waals surface area contributed by atoms with Gasteiger partial charge in [-0.05, 0) is 25.3 Å². The van der Waals surface area contributed by atoms with Crippen LogP contribution in [0.3, 0.4) is 0 Å². The summed E-state index contributed by atoms with van der Waals surface area (Å²) in [5.74, 6) is -0.459. The molecule has 2 fully saturated rings. The average Bonchev–Trinajstić information content (AvgIpc) is 2.65. The van der Waals surface area contributed by atoms with Crippen molar-refractivity contribution in [1.82, 2.24) is 9.80 Å². The van der Waals surface area contributed by atoms with Gasteiger partial charge in [-0.15, -0.1) is 0 Å².